The van der Waals surface area contributed by atoms with Crippen molar-refractivity contribution < 1.29 is 23.6 Å². The average molecular weight is 545 g/mol. The maximum absolute atomic E-state index is 13.5. The first-order valence-electron chi connectivity index (χ1n) is 13.1. The Labute approximate surface area is 227 Å². The number of carbonyl (C=O) groups excluding carboxylic acids is 1. The summed E-state index contributed by atoms with van der Waals surface area (Å²) in [5, 5.41) is 16.3. The number of pyridine rings is 1. The van der Waals surface area contributed by atoms with E-state index in [1.807, 2.05) is 49.3 Å². The van der Waals surface area contributed by atoms with Crippen molar-refractivity contribution in [2.45, 2.75) is 83.8 Å². The summed E-state index contributed by atoms with van der Waals surface area (Å²) < 4.78 is 25.8. The van der Waals surface area contributed by atoms with Gasteiger partial charge < -0.3 is 25.2 Å². The average Bonchev–Trinajstić information content (AvgIpc) is 3.45. The highest BCUT2D eigenvalue weighted by molar-refractivity contribution is 7.84. The fourth-order valence-electron chi connectivity index (χ4n) is 4.75. The summed E-state index contributed by atoms with van der Waals surface area (Å²) in [6.45, 7) is 13.8. The zero-order valence-corrected chi connectivity index (χ0v) is 24.0. The number of rotatable bonds is 9. The Hall–Kier alpha value is -2.53. The van der Waals surface area contributed by atoms with Crippen LogP contribution in [0.1, 0.15) is 86.9 Å². The van der Waals surface area contributed by atoms with E-state index >= 15 is 0 Å². The first-order chi connectivity index (χ1) is 17.9. The van der Waals surface area contributed by atoms with Gasteiger partial charge in [0, 0.05) is 43.9 Å². The van der Waals surface area contributed by atoms with Crippen molar-refractivity contribution in [1.82, 2.24) is 19.9 Å². The number of carbonyl (C=O) groups is 1. The summed E-state index contributed by atoms with van der Waals surface area (Å²) in [4.78, 5) is 18.1. The molecule has 2 atom stereocenters. The molecular weight excluding hydrogens is 504 g/mol. The number of benzene rings is 1. The van der Waals surface area contributed by atoms with Crippen LogP contribution in [0.3, 0.4) is 0 Å². The fraction of sp³-hybridized carbons (Fsp3) is 0.571. The number of hydrogen-bond donors (Lipinski definition) is 3. The van der Waals surface area contributed by atoms with Gasteiger partial charge in [-0.2, -0.15) is 0 Å². The molecule has 0 bridgehead atoms. The highest BCUT2D eigenvalue weighted by atomic mass is 32.2. The van der Waals surface area contributed by atoms with E-state index in [1.54, 1.807) is 0 Å². The van der Waals surface area contributed by atoms with Crippen LogP contribution in [-0.4, -0.2) is 54.7 Å². The lowest BCUT2D eigenvalue weighted by molar-refractivity contribution is 0.0945. The van der Waals surface area contributed by atoms with Gasteiger partial charge in [0.25, 0.3) is 5.91 Å². The molecule has 9 nitrogen and oxygen atoms in total. The summed E-state index contributed by atoms with van der Waals surface area (Å²) in [7, 11) is -1.29. The molecule has 0 aliphatic carbocycles. The van der Waals surface area contributed by atoms with E-state index in [1.165, 1.54) is 0 Å². The zero-order valence-electron chi connectivity index (χ0n) is 23.2. The molecule has 3 heterocycles. The molecule has 10 heteroatoms. The summed E-state index contributed by atoms with van der Waals surface area (Å²) in [5.74, 6) is 1.09. The third-order valence-corrected chi connectivity index (χ3v) is 8.37. The maximum Gasteiger partial charge on any atom is 0.270 e. The smallest absolute Gasteiger partial charge is 0.270 e. The van der Waals surface area contributed by atoms with Crippen molar-refractivity contribution in [3.05, 3.63) is 52.3 Å². The van der Waals surface area contributed by atoms with Crippen LogP contribution < -0.4 is 20.1 Å². The number of aromatic nitrogens is 1. The molecule has 4 rings (SSSR count). The van der Waals surface area contributed by atoms with Crippen LogP contribution in [-0.2, 0) is 30.5 Å². The van der Waals surface area contributed by atoms with Gasteiger partial charge in [-0.15, -0.1) is 0 Å². The molecule has 2 aliphatic heterocycles. The van der Waals surface area contributed by atoms with Gasteiger partial charge in [0.2, 0.25) is 6.79 Å². The van der Waals surface area contributed by atoms with Gasteiger partial charge in [-0.25, -0.2) is 13.5 Å². The lowest BCUT2D eigenvalue weighted by atomic mass is 9.98. The quantitative estimate of drug-likeness (QED) is 0.444. The molecule has 1 aromatic carbocycles. The number of aliphatic hydroxyl groups excluding tert-OH is 1. The zero-order chi connectivity index (χ0) is 27.7. The van der Waals surface area contributed by atoms with Gasteiger partial charge in [-0.05, 0) is 82.9 Å². The molecule has 0 unspecified atom stereocenters. The summed E-state index contributed by atoms with van der Waals surface area (Å²) in [5.41, 5.74) is 3.90. The van der Waals surface area contributed by atoms with Crippen LogP contribution in [0.5, 0.6) is 11.5 Å². The Balaban J connectivity index is 1.61. The first kappa shape index (κ1) is 28.5. The minimum atomic E-state index is -1.29. The highest BCUT2D eigenvalue weighted by Gasteiger charge is 2.40. The molecule has 0 saturated heterocycles. The Kier molecular flexibility index (Phi) is 8.46. The van der Waals surface area contributed by atoms with Crippen LogP contribution in [0.25, 0.3) is 0 Å². The molecule has 0 spiro atoms. The van der Waals surface area contributed by atoms with Gasteiger partial charge in [-0.3, -0.25) is 4.79 Å². The monoisotopic (exact) mass is 544 g/mol. The minimum Gasteiger partial charge on any atom is -0.454 e. The Bertz CT molecular complexity index is 1200. The number of aliphatic hydroxyl groups is 1. The number of ether oxygens (including phenoxy) is 2. The third kappa shape index (κ3) is 6.54. The number of hydrogen-bond acceptors (Lipinski definition) is 7. The van der Waals surface area contributed by atoms with E-state index in [0.29, 0.717) is 49.7 Å². The van der Waals surface area contributed by atoms with Crippen LogP contribution >= 0.6 is 0 Å². The second-order valence-electron chi connectivity index (χ2n) is 11.8. The van der Waals surface area contributed by atoms with E-state index in [-0.39, 0.29) is 30.9 Å². The van der Waals surface area contributed by atoms with E-state index < -0.39 is 15.7 Å². The third-order valence-electron chi connectivity index (χ3n) is 6.51. The molecule has 2 aliphatic rings. The first-order valence-corrected chi connectivity index (χ1v) is 14.2. The van der Waals surface area contributed by atoms with Crippen molar-refractivity contribution in [1.29, 1.82) is 0 Å². The number of fused-ring (bicyclic) bond motifs is 2. The second kappa shape index (κ2) is 11.3. The van der Waals surface area contributed by atoms with Crippen LogP contribution in [0.4, 0.5) is 0 Å². The number of nitrogens with zero attached hydrogens (tertiary/aromatic N) is 2. The molecule has 0 fully saturated rings. The van der Waals surface area contributed by atoms with Crippen LogP contribution in [0.15, 0.2) is 24.3 Å². The summed E-state index contributed by atoms with van der Waals surface area (Å²) in [6, 6.07) is 7.19. The molecule has 0 radical (unpaired) electrons. The minimum absolute atomic E-state index is 0.0284. The van der Waals surface area contributed by atoms with Gasteiger partial charge in [-0.1, -0.05) is 6.07 Å². The van der Waals surface area contributed by atoms with E-state index in [9.17, 15) is 14.1 Å². The molecule has 3 N–H and O–H groups in total. The molecule has 0 saturated carbocycles. The van der Waals surface area contributed by atoms with Crippen molar-refractivity contribution in [2.24, 2.45) is 0 Å². The van der Waals surface area contributed by atoms with E-state index in [2.05, 4.69) is 31.4 Å². The van der Waals surface area contributed by atoms with Gasteiger partial charge in [0.1, 0.15) is 16.7 Å². The Morgan fingerprint density at radius 2 is 1.89 bits per heavy atom. The van der Waals surface area contributed by atoms with Crippen molar-refractivity contribution in [2.75, 3.05) is 19.9 Å². The van der Waals surface area contributed by atoms with Gasteiger partial charge >= 0.3 is 0 Å². The molecule has 208 valence electrons. The van der Waals surface area contributed by atoms with E-state index in [0.717, 1.165) is 22.4 Å². The van der Waals surface area contributed by atoms with E-state index in [4.69, 9.17) is 14.5 Å². The van der Waals surface area contributed by atoms with Crippen molar-refractivity contribution in [3.63, 3.8) is 0 Å². The van der Waals surface area contributed by atoms with Gasteiger partial charge in [0.15, 0.2) is 11.5 Å². The highest BCUT2D eigenvalue weighted by Crippen LogP contribution is 2.41. The predicted octanol–water partition coefficient (Wildman–Crippen LogP) is 3.37. The lowest BCUT2D eigenvalue weighted by Gasteiger charge is -2.30. The largest absolute Gasteiger partial charge is 0.454 e. The van der Waals surface area contributed by atoms with Crippen LogP contribution in [0, 0.1) is 0 Å². The van der Waals surface area contributed by atoms with Crippen molar-refractivity contribution >= 4 is 16.9 Å². The maximum atomic E-state index is 13.5. The predicted molar refractivity (Wildman–Crippen MR) is 147 cm³/mol. The van der Waals surface area contributed by atoms with Crippen LogP contribution in [0.2, 0.25) is 0 Å². The van der Waals surface area contributed by atoms with Crippen molar-refractivity contribution in [3.8, 4) is 11.5 Å². The number of nitrogens with one attached hydrogen (secondary N) is 2. The standard InChI is InChI=1S/C28H40N4O5S/c1-27(2,3)30-11-9-20-25-19(16-32(22(25)10-12-33)38(35)28(4,5)6)14-21(31-20)26(34)29-15-18-7-8-23-24(13-18)37-17-36-23/h7-8,13-14,22,30,33H,9-12,15-17H2,1-6H3,(H,29,34)/t22-,38-/m1/s1. The molecule has 38 heavy (non-hydrogen) atoms. The normalized spacial score (nSPS) is 17.9. The topological polar surface area (TPSA) is 113 Å². The number of amides is 1. The summed E-state index contributed by atoms with van der Waals surface area (Å²) in [6.07, 6.45) is 1.06. The van der Waals surface area contributed by atoms with Gasteiger partial charge in [0.05, 0.1) is 10.8 Å². The SMILES string of the molecule is CC(C)(C)NCCc1nc(C(=O)NCc2ccc3c(c2)OCO3)cc2c1[C@@H](CCO)N([S@](=O)C(C)(C)C)C2. The fourth-order valence-corrected chi connectivity index (χ4v) is 6.15. The Morgan fingerprint density at radius 3 is 2.58 bits per heavy atom. The molecular formula is C28H40N4O5S. The second-order valence-corrected chi connectivity index (χ2v) is 14.0. The molecule has 1 aromatic heterocycles. The molecule has 1 amide bonds. The summed E-state index contributed by atoms with van der Waals surface area (Å²) >= 11 is 0. The molecule has 2 aromatic rings. The Morgan fingerprint density at radius 1 is 1.16 bits per heavy atom. The lowest BCUT2D eigenvalue weighted by Crippen LogP contribution is -2.38.